The lowest BCUT2D eigenvalue weighted by atomic mass is 9.83. The van der Waals surface area contributed by atoms with E-state index in [9.17, 15) is 24.3 Å². The van der Waals surface area contributed by atoms with Crippen molar-refractivity contribution in [1.29, 1.82) is 0 Å². The van der Waals surface area contributed by atoms with Crippen molar-refractivity contribution in [2.75, 3.05) is 19.1 Å². The van der Waals surface area contributed by atoms with Crippen LogP contribution in [-0.2, 0) is 39.8 Å². The van der Waals surface area contributed by atoms with E-state index in [1.165, 1.54) is 18.9 Å². The molecule has 252 valence electrons. The highest BCUT2D eigenvalue weighted by molar-refractivity contribution is 6.33. The molecule has 2 saturated heterocycles. The van der Waals surface area contributed by atoms with Crippen LogP contribution in [0.2, 0.25) is 5.02 Å². The van der Waals surface area contributed by atoms with Crippen molar-refractivity contribution >= 4 is 41.2 Å². The molecule has 12 nitrogen and oxygen atoms in total. The molecule has 0 saturated carbocycles. The van der Waals surface area contributed by atoms with Crippen LogP contribution >= 0.6 is 11.6 Å². The monoisotopic (exact) mass is 661 g/mol. The Labute approximate surface area is 274 Å². The summed E-state index contributed by atoms with van der Waals surface area (Å²) in [6, 6.07) is 4.91. The number of rotatable bonds is 5. The minimum Gasteiger partial charge on any atom is -0.459 e. The van der Waals surface area contributed by atoms with Crippen molar-refractivity contribution in [1.82, 2.24) is 10.6 Å². The molecule has 3 aliphatic rings. The first kappa shape index (κ1) is 35.4. The number of epoxide rings is 1. The smallest absolute Gasteiger partial charge is 0.409 e. The molecule has 13 heteroatoms. The molecule has 0 radical (unpaired) electrons. The quantitative estimate of drug-likeness (QED) is 0.317. The highest BCUT2D eigenvalue weighted by Gasteiger charge is 2.64. The number of amides is 3. The summed E-state index contributed by atoms with van der Waals surface area (Å²) in [6.45, 7) is 8.43. The fraction of sp³-hybridized carbons (Fsp3) is 0.576. The van der Waals surface area contributed by atoms with E-state index in [1.54, 1.807) is 33.0 Å². The predicted molar refractivity (Wildman–Crippen MR) is 170 cm³/mol. The maximum atomic E-state index is 13.7. The number of alkyl carbamates (subject to hydrolysis) is 1. The molecule has 0 aliphatic carbocycles. The number of hydrogen-bond acceptors (Lipinski definition) is 9. The maximum Gasteiger partial charge on any atom is 0.409 e. The van der Waals surface area contributed by atoms with Crippen LogP contribution in [0, 0.1) is 5.92 Å². The number of methoxy groups -OCH3 is 1. The summed E-state index contributed by atoms with van der Waals surface area (Å²) in [5.74, 6) is -1.76. The maximum absolute atomic E-state index is 13.7. The van der Waals surface area contributed by atoms with Gasteiger partial charge in [-0.2, -0.15) is 0 Å². The zero-order valence-corrected chi connectivity index (χ0v) is 28.1. The summed E-state index contributed by atoms with van der Waals surface area (Å²) in [5.41, 5.74) is -0.743. The van der Waals surface area contributed by atoms with E-state index in [4.69, 9.17) is 30.5 Å². The van der Waals surface area contributed by atoms with Crippen LogP contribution in [0.3, 0.4) is 0 Å². The number of benzene rings is 1. The molecule has 7 unspecified atom stereocenters. The standard InChI is InChI=1S/C33H44ClN3O9/c1-18-9-8-10-22-11-12-23(34)24(15-22)37(6)28(39)16-26(45-29(40)14-19(2)35-21(4)38)32(5)30(46-32)20(3)25-17-33(42,27(13-18)43-7)36-31(41)44-25/h8-9,11-13,15,19-20,25-27,30,42H,10,14,16-17H2,1-7H3,(H,35,38)(H,36,41)/b9-8+,18-13+/t19?,20-,25?,26?,27?,30?,32?,33?/m0/s1. The number of anilines is 1. The van der Waals surface area contributed by atoms with Gasteiger partial charge >= 0.3 is 12.1 Å². The fourth-order valence-electron chi connectivity index (χ4n) is 6.21. The number of esters is 1. The molecule has 4 bridgehead atoms. The number of allylic oxidation sites excluding steroid dienone is 3. The summed E-state index contributed by atoms with van der Waals surface area (Å²) in [7, 11) is 3.05. The number of hydrogen-bond donors (Lipinski definition) is 3. The van der Waals surface area contributed by atoms with Crippen LogP contribution in [0.1, 0.15) is 59.4 Å². The molecule has 3 heterocycles. The topological polar surface area (TPSA) is 156 Å². The van der Waals surface area contributed by atoms with Crippen molar-refractivity contribution < 1.29 is 43.2 Å². The summed E-state index contributed by atoms with van der Waals surface area (Å²) in [4.78, 5) is 52.5. The van der Waals surface area contributed by atoms with E-state index in [1.807, 2.05) is 38.1 Å². The van der Waals surface area contributed by atoms with Crippen molar-refractivity contribution in [3.05, 3.63) is 52.6 Å². The van der Waals surface area contributed by atoms with Gasteiger partial charge in [-0.25, -0.2) is 4.79 Å². The Morgan fingerprint density at radius 1 is 1.30 bits per heavy atom. The van der Waals surface area contributed by atoms with Gasteiger partial charge in [0.15, 0.2) is 5.72 Å². The Hall–Kier alpha value is -3.45. The van der Waals surface area contributed by atoms with E-state index in [0.29, 0.717) is 17.1 Å². The van der Waals surface area contributed by atoms with Gasteiger partial charge in [-0.05, 0) is 51.0 Å². The van der Waals surface area contributed by atoms with Crippen LogP contribution in [0.4, 0.5) is 10.5 Å². The number of nitrogens with zero attached hydrogens (tertiary/aromatic N) is 1. The first-order valence-electron chi connectivity index (χ1n) is 15.3. The Balaban J connectivity index is 1.72. The lowest BCUT2D eigenvalue weighted by Crippen LogP contribution is -2.63. The van der Waals surface area contributed by atoms with Crippen LogP contribution in [0.5, 0.6) is 0 Å². The highest BCUT2D eigenvalue weighted by atomic mass is 35.5. The Morgan fingerprint density at radius 3 is 2.70 bits per heavy atom. The predicted octanol–water partition coefficient (Wildman–Crippen LogP) is 3.57. The Morgan fingerprint density at radius 2 is 2.02 bits per heavy atom. The van der Waals surface area contributed by atoms with Crippen LogP contribution in [-0.4, -0.2) is 84.9 Å². The number of aliphatic hydroxyl groups is 1. The molecule has 4 rings (SSSR count). The number of ether oxygens (including phenoxy) is 4. The van der Waals surface area contributed by atoms with E-state index >= 15 is 0 Å². The molecule has 2 fully saturated rings. The Kier molecular flexibility index (Phi) is 10.9. The first-order valence-corrected chi connectivity index (χ1v) is 15.7. The summed E-state index contributed by atoms with van der Waals surface area (Å²) >= 11 is 6.53. The second kappa shape index (κ2) is 14.1. The molecule has 46 heavy (non-hydrogen) atoms. The first-order chi connectivity index (χ1) is 21.6. The summed E-state index contributed by atoms with van der Waals surface area (Å²) in [5, 5.41) is 17.2. The van der Waals surface area contributed by atoms with Gasteiger partial charge in [0.1, 0.15) is 23.9 Å². The van der Waals surface area contributed by atoms with Crippen LogP contribution in [0.15, 0.2) is 42.0 Å². The second-order valence-corrected chi connectivity index (χ2v) is 13.1. The third-order valence-corrected chi connectivity index (χ3v) is 9.18. The molecule has 3 N–H and O–H groups in total. The van der Waals surface area contributed by atoms with E-state index < -0.39 is 59.8 Å². The minimum atomic E-state index is -1.79. The van der Waals surface area contributed by atoms with Crippen molar-refractivity contribution in [2.45, 2.75) is 102 Å². The minimum absolute atomic E-state index is 0.0213. The van der Waals surface area contributed by atoms with Gasteiger partial charge in [-0.15, -0.1) is 0 Å². The van der Waals surface area contributed by atoms with Crippen molar-refractivity contribution in [3.63, 3.8) is 0 Å². The van der Waals surface area contributed by atoms with Crippen LogP contribution in [0.25, 0.3) is 0 Å². The van der Waals surface area contributed by atoms with Gasteiger partial charge in [-0.1, -0.05) is 42.3 Å². The number of fused-ring (bicyclic) bond motifs is 5. The largest absolute Gasteiger partial charge is 0.459 e. The van der Waals surface area contributed by atoms with E-state index in [0.717, 1.165) is 11.1 Å². The van der Waals surface area contributed by atoms with Gasteiger partial charge in [0.25, 0.3) is 0 Å². The van der Waals surface area contributed by atoms with E-state index in [2.05, 4.69) is 10.6 Å². The molecule has 3 aliphatic heterocycles. The van der Waals surface area contributed by atoms with Crippen LogP contribution < -0.4 is 15.5 Å². The zero-order chi connectivity index (χ0) is 34.0. The van der Waals surface area contributed by atoms with Gasteiger partial charge in [-0.3, -0.25) is 19.7 Å². The number of carbonyl (C=O) groups excluding carboxylic acids is 4. The molecule has 1 aromatic carbocycles. The zero-order valence-electron chi connectivity index (χ0n) is 27.3. The van der Waals surface area contributed by atoms with E-state index in [-0.39, 0.29) is 31.1 Å². The normalized spacial score (nSPS) is 34.2. The highest BCUT2D eigenvalue weighted by Crippen LogP contribution is 2.49. The molecule has 0 spiro atoms. The molecule has 8 atom stereocenters. The lowest BCUT2D eigenvalue weighted by molar-refractivity contribution is -0.154. The molecule has 0 aromatic heterocycles. The number of carbonyl (C=O) groups is 4. The SMILES string of the molecule is COC1/C=C(C)/C=C/Cc2ccc(Cl)c(c2)N(C)C(=O)CC(OC(=O)CC(C)NC(C)=O)C2(C)OC2[C@@H](C)C2CC1(O)NC(=O)O2. The lowest BCUT2D eigenvalue weighted by Gasteiger charge is -2.42. The van der Waals surface area contributed by atoms with Crippen molar-refractivity contribution in [3.8, 4) is 0 Å². The third-order valence-electron chi connectivity index (χ3n) is 8.86. The number of nitrogens with one attached hydrogen (secondary N) is 2. The Bertz CT molecular complexity index is 1420. The molecular formula is C33H44ClN3O9. The average Bonchev–Trinajstić information content (AvgIpc) is 3.66. The van der Waals surface area contributed by atoms with Gasteiger partial charge in [0.2, 0.25) is 11.8 Å². The molecule has 1 aromatic rings. The third kappa shape index (κ3) is 8.09. The summed E-state index contributed by atoms with van der Waals surface area (Å²) < 4.78 is 23.3. The molecular weight excluding hydrogens is 618 g/mol. The van der Waals surface area contributed by atoms with Crippen molar-refractivity contribution in [2.24, 2.45) is 5.92 Å². The summed E-state index contributed by atoms with van der Waals surface area (Å²) in [6.07, 6.45) is 1.52. The van der Waals surface area contributed by atoms with Gasteiger partial charge < -0.3 is 34.3 Å². The average molecular weight is 662 g/mol. The second-order valence-electron chi connectivity index (χ2n) is 12.7. The van der Waals surface area contributed by atoms with Gasteiger partial charge in [0.05, 0.1) is 29.7 Å². The molecule has 3 amide bonds. The van der Waals surface area contributed by atoms with Gasteiger partial charge in [0, 0.05) is 39.5 Å². The number of halogens is 1. The fourth-order valence-corrected chi connectivity index (χ4v) is 6.46.